The smallest absolute Gasteiger partial charge is 0.191 e. The highest BCUT2D eigenvalue weighted by atomic mass is 127. The second-order valence-electron chi connectivity index (χ2n) is 5.29. The van der Waals surface area contributed by atoms with Crippen LogP contribution >= 0.6 is 35.3 Å². The molecular weight excluding hydrogens is 409 g/mol. The van der Waals surface area contributed by atoms with Gasteiger partial charge in [0.05, 0.1) is 6.54 Å². The molecule has 0 unspecified atom stereocenters. The number of halogens is 1. The SMILES string of the molecule is CCc1cnc(CNC(=NC)NCCN(CC)C2CC2)s1.I. The molecule has 0 amide bonds. The van der Waals surface area contributed by atoms with Gasteiger partial charge in [-0.3, -0.25) is 9.89 Å². The second-order valence-corrected chi connectivity index (χ2v) is 6.49. The summed E-state index contributed by atoms with van der Waals surface area (Å²) < 4.78 is 0. The van der Waals surface area contributed by atoms with Crippen molar-refractivity contribution < 1.29 is 0 Å². The number of rotatable bonds is 8. The molecule has 1 fully saturated rings. The molecule has 0 aromatic carbocycles. The Kier molecular flexibility index (Phi) is 9.27. The van der Waals surface area contributed by atoms with Crippen LogP contribution in [0.4, 0.5) is 0 Å². The summed E-state index contributed by atoms with van der Waals surface area (Å²) in [5, 5.41) is 7.82. The van der Waals surface area contributed by atoms with Crippen LogP contribution in [-0.4, -0.2) is 48.6 Å². The van der Waals surface area contributed by atoms with Crippen LogP contribution in [0, 0.1) is 0 Å². The Morgan fingerprint density at radius 2 is 2.18 bits per heavy atom. The first-order chi connectivity index (χ1) is 10.3. The maximum absolute atomic E-state index is 4.41. The molecule has 0 bridgehead atoms. The Labute approximate surface area is 155 Å². The number of nitrogens with zero attached hydrogens (tertiary/aromatic N) is 3. The van der Waals surface area contributed by atoms with E-state index in [1.54, 1.807) is 11.3 Å². The van der Waals surface area contributed by atoms with Crippen molar-refractivity contribution in [1.29, 1.82) is 0 Å². The molecule has 0 atom stereocenters. The number of aliphatic imine (C=N–C) groups is 1. The zero-order valence-electron chi connectivity index (χ0n) is 13.8. The maximum atomic E-state index is 4.41. The third kappa shape index (κ3) is 6.37. The van der Waals surface area contributed by atoms with Gasteiger partial charge in [0, 0.05) is 37.3 Å². The van der Waals surface area contributed by atoms with Crippen molar-refractivity contribution in [3.05, 3.63) is 16.1 Å². The van der Waals surface area contributed by atoms with Crippen LogP contribution in [0.1, 0.15) is 36.6 Å². The molecule has 0 aliphatic heterocycles. The molecule has 0 saturated heterocycles. The lowest BCUT2D eigenvalue weighted by atomic mass is 10.4. The lowest BCUT2D eigenvalue weighted by molar-refractivity contribution is 0.282. The summed E-state index contributed by atoms with van der Waals surface area (Å²) >= 11 is 1.77. The number of aryl methyl sites for hydroxylation is 1. The van der Waals surface area contributed by atoms with E-state index >= 15 is 0 Å². The van der Waals surface area contributed by atoms with Crippen molar-refractivity contribution in [2.75, 3.05) is 26.7 Å². The van der Waals surface area contributed by atoms with Gasteiger partial charge in [-0.2, -0.15) is 0 Å². The van der Waals surface area contributed by atoms with Crippen molar-refractivity contribution in [3.63, 3.8) is 0 Å². The van der Waals surface area contributed by atoms with Gasteiger partial charge in [-0.1, -0.05) is 13.8 Å². The average molecular weight is 437 g/mol. The Morgan fingerprint density at radius 3 is 2.73 bits per heavy atom. The second kappa shape index (κ2) is 10.4. The lowest BCUT2D eigenvalue weighted by Crippen LogP contribution is -2.41. The molecule has 22 heavy (non-hydrogen) atoms. The molecule has 1 heterocycles. The highest BCUT2D eigenvalue weighted by molar-refractivity contribution is 14.0. The summed E-state index contributed by atoms with van der Waals surface area (Å²) in [5.74, 6) is 0.857. The predicted molar refractivity (Wildman–Crippen MR) is 105 cm³/mol. The van der Waals surface area contributed by atoms with Crippen LogP contribution in [0.15, 0.2) is 11.2 Å². The Hall–Kier alpha value is -0.410. The Bertz CT molecular complexity index is 459. The first-order valence-electron chi connectivity index (χ1n) is 7.89. The van der Waals surface area contributed by atoms with Crippen LogP contribution < -0.4 is 10.6 Å². The standard InChI is InChI=1S/C15H27N5S.HI/c1-4-13-10-18-14(21-13)11-19-15(16-3)17-8-9-20(5-2)12-6-7-12;/h10,12H,4-9,11H2,1-3H3,(H2,16,17,19);1H. The van der Waals surface area contributed by atoms with E-state index in [9.17, 15) is 0 Å². The zero-order valence-corrected chi connectivity index (χ0v) is 16.9. The molecule has 2 rings (SSSR count). The fraction of sp³-hybridized carbons (Fsp3) is 0.733. The van der Waals surface area contributed by atoms with E-state index in [0.29, 0.717) is 0 Å². The maximum Gasteiger partial charge on any atom is 0.191 e. The fourth-order valence-corrected chi connectivity index (χ4v) is 3.13. The molecule has 2 N–H and O–H groups in total. The monoisotopic (exact) mass is 437 g/mol. The molecule has 1 aliphatic carbocycles. The van der Waals surface area contributed by atoms with Crippen molar-refractivity contribution in [1.82, 2.24) is 20.5 Å². The van der Waals surface area contributed by atoms with E-state index in [2.05, 4.69) is 39.4 Å². The molecule has 0 spiro atoms. The van der Waals surface area contributed by atoms with Gasteiger partial charge in [0.2, 0.25) is 0 Å². The van der Waals surface area contributed by atoms with Crippen molar-refractivity contribution >= 4 is 41.3 Å². The highest BCUT2D eigenvalue weighted by Gasteiger charge is 2.27. The summed E-state index contributed by atoms with van der Waals surface area (Å²) in [4.78, 5) is 12.5. The van der Waals surface area contributed by atoms with Crippen LogP contribution in [0.5, 0.6) is 0 Å². The Balaban J connectivity index is 0.00000242. The van der Waals surface area contributed by atoms with Gasteiger partial charge in [-0.05, 0) is 25.8 Å². The van der Waals surface area contributed by atoms with Crippen LogP contribution in [0.2, 0.25) is 0 Å². The van der Waals surface area contributed by atoms with Crippen LogP contribution in [0.25, 0.3) is 0 Å². The van der Waals surface area contributed by atoms with Gasteiger partial charge in [0.25, 0.3) is 0 Å². The minimum atomic E-state index is 0. The van der Waals surface area contributed by atoms with Gasteiger partial charge in [-0.25, -0.2) is 4.98 Å². The van der Waals surface area contributed by atoms with E-state index in [1.165, 1.54) is 17.7 Å². The fourth-order valence-electron chi connectivity index (χ4n) is 2.33. The van der Waals surface area contributed by atoms with Gasteiger partial charge in [-0.15, -0.1) is 35.3 Å². The van der Waals surface area contributed by atoms with E-state index in [1.807, 2.05) is 13.2 Å². The van der Waals surface area contributed by atoms with Crippen molar-refractivity contribution in [2.45, 2.75) is 45.7 Å². The quantitative estimate of drug-likeness (QED) is 0.373. The number of thiazole rings is 1. The number of aromatic nitrogens is 1. The topological polar surface area (TPSA) is 52.6 Å². The molecule has 5 nitrogen and oxygen atoms in total. The molecular formula is C15H28IN5S. The predicted octanol–water partition coefficient (Wildman–Crippen LogP) is 2.47. The summed E-state index contributed by atoms with van der Waals surface area (Å²) in [6, 6.07) is 0.828. The van der Waals surface area contributed by atoms with E-state index in [0.717, 1.165) is 49.6 Å². The molecule has 1 aromatic rings. The lowest BCUT2D eigenvalue weighted by Gasteiger charge is -2.20. The molecule has 1 aromatic heterocycles. The third-order valence-corrected chi connectivity index (χ3v) is 4.88. The summed E-state index contributed by atoms with van der Waals surface area (Å²) in [6.45, 7) is 8.28. The van der Waals surface area contributed by atoms with Gasteiger partial charge >= 0.3 is 0 Å². The number of guanidine groups is 1. The average Bonchev–Trinajstić information content (AvgIpc) is 3.25. The summed E-state index contributed by atoms with van der Waals surface area (Å²) in [5.41, 5.74) is 0. The van der Waals surface area contributed by atoms with E-state index in [4.69, 9.17) is 0 Å². The van der Waals surface area contributed by atoms with Gasteiger partial charge in [0.1, 0.15) is 5.01 Å². The first-order valence-corrected chi connectivity index (χ1v) is 8.70. The molecule has 1 aliphatic rings. The summed E-state index contributed by atoms with van der Waals surface area (Å²) in [7, 11) is 1.81. The van der Waals surface area contributed by atoms with Gasteiger partial charge < -0.3 is 10.6 Å². The number of likely N-dealkylation sites (N-methyl/N-ethyl adjacent to an activating group) is 1. The van der Waals surface area contributed by atoms with Crippen molar-refractivity contribution in [2.24, 2.45) is 4.99 Å². The Morgan fingerprint density at radius 1 is 1.41 bits per heavy atom. The minimum absolute atomic E-state index is 0. The largest absolute Gasteiger partial charge is 0.355 e. The molecule has 1 saturated carbocycles. The van der Waals surface area contributed by atoms with E-state index in [-0.39, 0.29) is 24.0 Å². The highest BCUT2D eigenvalue weighted by Crippen LogP contribution is 2.25. The number of hydrogen-bond donors (Lipinski definition) is 2. The minimum Gasteiger partial charge on any atom is -0.355 e. The number of nitrogens with one attached hydrogen (secondary N) is 2. The summed E-state index contributed by atoms with van der Waals surface area (Å²) in [6.07, 6.45) is 5.75. The van der Waals surface area contributed by atoms with Gasteiger partial charge in [0.15, 0.2) is 5.96 Å². The normalized spacial score (nSPS) is 14.8. The molecule has 7 heteroatoms. The third-order valence-electron chi connectivity index (χ3n) is 3.74. The number of hydrogen-bond acceptors (Lipinski definition) is 4. The molecule has 126 valence electrons. The zero-order chi connectivity index (χ0) is 15.1. The van der Waals surface area contributed by atoms with Crippen LogP contribution in [-0.2, 0) is 13.0 Å². The van der Waals surface area contributed by atoms with Crippen molar-refractivity contribution in [3.8, 4) is 0 Å². The van der Waals surface area contributed by atoms with Crippen LogP contribution in [0.3, 0.4) is 0 Å². The first kappa shape index (κ1) is 19.6. The molecule has 0 radical (unpaired) electrons. The van der Waals surface area contributed by atoms with E-state index < -0.39 is 0 Å².